The summed E-state index contributed by atoms with van der Waals surface area (Å²) in [6, 6.07) is 11.6. The number of ether oxygens (including phenoxy) is 2. The van der Waals surface area contributed by atoms with E-state index in [2.05, 4.69) is 37.9 Å². The highest BCUT2D eigenvalue weighted by Crippen LogP contribution is 2.48. The molecule has 2 atom stereocenters. The van der Waals surface area contributed by atoms with Crippen LogP contribution in [0.25, 0.3) is 0 Å². The highest BCUT2D eigenvalue weighted by Gasteiger charge is 2.51. The number of nitriles is 1. The molecule has 0 saturated heterocycles. The lowest BCUT2D eigenvalue weighted by Gasteiger charge is -2.46. The maximum Gasteiger partial charge on any atom is 0.310 e. The Labute approximate surface area is 182 Å². The molecule has 0 aliphatic heterocycles. The number of halogens is 2. The van der Waals surface area contributed by atoms with Crippen LogP contribution in [0.3, 0.4) is 0 Å². The fraction of sp³-hybridized carbons (Fsp3) is 0.364. The van der Waals surface area contributed by atoms with Crippen LogP contribution in [-0.4, -0.2) is 17.7 Å². The minimum atomic E-state index is -0.964. The number of hydrogen-bond donors (Lipinski definition) is 0. The van der Waals surface area contributed by atoms with Gasteiger partial charge in [0.15, 0.2) is 5.60 Å². The van der Waals surface area contributed by atoms with E-state index in [1.807, 2.05) is 68.5 Å². The molecule has 1 aromatic carbocycles. The number of carbonyl (C=O) groups excluding carboxylic acids is 1. The minimum absolute atomic E-state index is 0.0689. The van der Waals surface area contributed by atoms with Crippen LogP contribution in [0.4, 0.5) is 0 Å². The van der Waals surface area contributed by atoms with E-state index >= 15 is 0 Å². The van der Waals surface area contributed by atoms with Gasteiger partial charge in [-0.1, -0.05) is 44.2 Å². The second kappa shape index (κ2) is 8.26. The smallest absolute Gasteiger partial charge is 0.310 e. The minimum Gasteiger partial charge on any atom is -0.478 e. The van der Waals surface area contributed by atoms with Crippen molar-refractivity contribution >= 4 is 37.8 Å². The Morgan fingerprint density at radius 1 is 1.29 bits per heavy atom. The van der Waals surface area contributed by atoms with E-state index in [0.717, 1.165) is 16.2 Å². The van der Waals surface area contributed by atoms with Crippen molar-refractivity contribution in [1.82, 2.24) is 0 Å². The number of esters is 1. The Morgan fingerprint density at radius 3 is 2.54 bits per heavy atom. The summed E-state index contributed by atoms with van der Waals surface area (Å²) < 4.78 is 12.7. The number of allylic oxidation sites excluding steroid dienone is 2. The maximum absolute atomic E-state index is 12.2. The molecule has 4 nitrogen and oxygen atoms in total. The molecule has 1 unspecified atom stereocenters. The van der Waals surface area contributed by atoms with Crippen LogP contribution in [0.5, 0.6) is 5.75 Å². The second-order valence-electron chi connectivity index (χ2n) is 7.47. The van der Waals surface area contributed by atoms with Gasteiger partial charge in [-0.2, -0.15) is 5.26 Å². The third-order valence-corrected chi connectivity index (χ3v) is 5.67. The van der Waals surface area contributed by atoms with Crippen molar-refractivity contribution in [3.63, 3.8) is 0 Å². The third-order valence-electron chi connectivity index (χ3n) is 5.22. The van der Waals surface area contributed by atoms with Crippen LogP contribution in [0, 0.1) is 22.7 Å². The summed E-state index contributed by atoms with van der Waals surface area (Å²) in [6.07, 6.45) is 8.24. The molecule has 0 bridgehead atoms. The average molecular weight is 507 g/mol. The van der Waals surface area contributed by atoms with Gasteiger partial charge in [0.25, 0.3) is 0 Å². The number of nitrogens with zero attached hydrogens (tertiary/aromatic N) is 1. The predicted octanol–water partition coefficient (Wildman–Crippen LogP) is 5.80. The number of benzene rings is 1. The van der Waals surface area contributed by atoms with Gasteiger partial charge in [0, 0.05) is 5.41 Å². The van der Waals surface area contributed by atoms with E-state index in [-0.39, 0.29) is 11.9 Å². The average Bonchev–Trinajstić information content (AvgIpc) is 3.48. The normalized spacial score (nSPS) is 23.8. The summed E-state index contributed by atoms with van der Waals surface area (Å²) in [5, 5.41) is 9.74. The SMILES string of the molecule is CC1(C)C([C@@H](C#N)OC(=O)C2CC2)=CC=CC1(C=C(Br)Br)Oc1ccccc1. The number of rotatable bonds is 6. The molecule has 1 saturated carbocycles. The van der Waals surface area contributed by atoms with Gasteiger partial charge in [0.05, 0.1) is 9.31 Å². The summed E-state index contributed by atoms with van der Waals surface area (Å²) in [7, 11) is 0. The van der Waals surface area contributed by atoms with Crippen LogP contribution < -0.4 is 4.74 Å². The Hall–Kier alpha value is -1.84. The van der Waals surface area contributed by atoms with Crippen molar-refractivity contribution in [3.05, 3.63) is 63.6 Å². The van der Waals surface area contributed by atoms with E-state index in [0.29, 0.717) is 11.3 Å². The van der Waals surface area contributed by atoms with Crippen molar-refractivity contribution < 1.29 is 14.3 Å². The van der Waals surface area contributed by atoms with Gasteiger partial charge in [-0.25, -0.2) is 0 Å². The van der Waals surface area contributed by atoms with Crippen LogP contribution >= 0.6 is 31.9 Å². The van der Waals surface area contributed by atoms with Gasteiger partial charge in [-0.05, 0) is 74.6 Å². The summed E-state index contributed by atoms with van der Waals surface area (Å²) in [5.74, 6) is 0.327. The van der Waals surface area contributed by atoms with Gasteiger partial charge in [-0.15, -0.1) is 0 Å². The van der Waals surface area contributed by atoms with Crippen LogP contribution in [-0.2, 0) is 9.53 Å². The Morgan fingerprint density at radius 2 is 1.96 bits per heavy atom. The van der Waals surface area contributed by atoms with Gasteiger partial charge in [-0.3, -0.25) is 4.79 Å². The number of hydrogen-bond acceptors (Lipinski definition) is 4. The highest BCUT2D eigenvalue weighted by atomic mass is 79.9. The van der Waals surface area contributed by atoms with E-state index in [1.165, 1.54) is 0 Å². The Bertz CT molecular complexity index is 875. The maximum atomic E-state index is 12.2. The molecule has 0 radical (unpaired) electrons. The van der Waals surface area contributed by atoms with Crippen molar-refractivity contribution in [2.24, 2.45) is 11.3 Å². The van der Waals surface area contributed by atoms with Gasteiger partial charge < -0.3 is 9.47 Å². The van der Waals surface area contributed by atoms with Crippen molar-refractivity contribution in [3.8, 4) is 11.8 Å². The van der Waals surface area contributed by atoms with E-state index in [1.54, 1.807) is 0 Å². The predicted molar refractivity (Wildman–Crippen MR) is 115 cm³/mol. The molecule has 3 rings (SSSR count). The molecule has 0 amide bonds. The number of carbonyl (C=O) groups is 1. The zero-order valence-corrected chi connectivity index (χ0v) is 18.9. The van der Waals surface area contributed by atoms with Crippen molar-refractivity contribution in [2.45, 2.75) is 38.4 Å². The highest BCUT2D eigenvalue weighted by molar-refractivity contribution is 9.28. The zero-order valence-electron chi connectivity index (χ0n) is 15.7. The van der Waals surface area contributed by atoms with Crippen LogP contribution in [0.2, 0.25) is 0 Å². The lowest BCUT2D eigenvalue weighted by molar-refractivity contribution is -0.147. The summed E-state index contributed by atoms with van der Waals surface area (Å²) in [4.78, 5) is 12.2. The van der Waals surface area contributed by atoms with Gasteiger partial charge in [0.1, 0.15) is 11.8 Å². The van der Waals surface area contributed by atoms with E-state index in [4.69, 9.17) is 9.47 Å². The summed E-state index contributed by atoms with van der Waals surface area (Å²) in [6.45, 7) is 3.97. The molecule has 0 N–H and O–H groups in total. The molecule has 0 heterocycles. The lowest BCUT2D eigenvalue weighted by atomic mass is 9.65. The first-order chi connectivity index (χ1) is 13.3. The molecule has 0 aromatic heterocycles. The van der Waals surface area contributed by atoms with Crippen LogP contribution in [0.15, 0.2) is 63.6 Å². The molecule has 6 heteroatoms. The standard InChI is InChI=1S/C22H21Br2NO3/c1-21(2)17(18(14-25)27-20(26)15-10-11-15)9-6-12-22(21,13-19(23)24)28-16-7-4-3-5-8-16/h3-9,12-13,15,18H,10-11H2,1-2H3/t18-,22?/m1/s1. The van der Waals surface area contributed by atoms with Gasteiger partial charge in [0.2, 0.25) is 6.10 Å². The summed E-state index contributed by atoms with van der Waals surface area (Å²) in [5.41, 5.74) is -0.879. The molecule has 146 valence electrons. The largest absolute Gasteiger partial charge is 0.478 e. The first-order valence-electron chi connectivity index (χ1n) is 9.07. The molecule has 1 fully saturated rings. The third kappa shape index (κ3) is 4.26. The topological polar surface area (TPSA) is 59.3 Å². The quantitative estimate of drug-likeness (QED) is 0.457. The fourth-order valence-electron chi connectivity index (χ4n) is 3.31. The second-order valence-corrected chi connectivity index (χ2v) is 10.2. The van der Waals surface area contributed by atoms with Crippen LogP contribution in [0.1, 0.15) is 26.7 Å². The van der Waals surface area contributed by atoms with E-state index in [9.17, 15) is 10.1 Å². The summed E-state index contributed by atoms with van der Waals surface area (Å²) >= 11 is 6.89. The number of para-hydroxylation sites is 1. The van der Waals surface area contributed by atoms with E-state index < -0.39 is 17.1 Å². The molecule has 1 aromatic rings. The molecule has 2 aliphatic rings. The molecule has 28 heavy (non-hydrogen) atoms. The van der Waals surface area contributed by atoms with Gasteiger partial charge >= 0.3 is 5.97 Å². The Kier molecular flexibility index (Phi) is 6.16. The first-order valence-corrected chi connectivity index (χ1v) is 10.7. The monoisotopic (exact) mass is 505 g/mol. The Balaban J connectivity index is 1.98. The van der Waals surface area contributed by atoms with Crippen molar-refractivity contribution in [2.75, 3.05) is 0 Å². The molecule has 0 spiro atoms. The first kappa shape index (κ1) is 20.9. The molecular weight excluding hydrogens is 486 g/mol. The fourth-order valence-corrected chi connectivity index (χ4v) is 3.99. The zero-order chi connectivity index (χ0) is 20.4. The lowest BCUT2D eigenvalue weighted by Crippen LogP contribution is -2.51. The van der Waals surface area contributed by atoms with Crippen molar-refractivity contribution in [1.29, 1.82) is 5.26 Å². The molecular formula is C22H21Br2NO3. The molecule has 2 aliphatic carbocycles.